The highest BCUT2D eigenvalue weighted by Gasteiger charge is 2.34. The fraction of sp³-hybridized carbons (Fsp3) is 0.111. The Morgan fingerprint density at radius 2 is 1.80 bits per heavy atom. The Morgan fingerprint density at radius 1 is 1.12 bits per heavy atom. The van der Waals surface area contributed by atoms with Crippen LogP contribution in [0.4, 0.5) is 9.18 Å². The monoisotopic (exact) mass is 378 g/mol. The third-order valence-corrected chi connectivity index (χ3v) is 4.49. The van der Waals surface area contributed by atoms with Crippen LogP contribution in [-0.2, 0) is 0 Å². The van der Waals surface area contributed by atoms with Gasteiger partial charge in [0.15, 0.2) is 5.78 Å². The van der Waals surface area contributed by atoms with Gasteiger partial charge in [-0.1, -0.05) is 29.3 Å². The lowest BCUT2D eigenvalue weighted by Gasteiger charge is -2.29. The highest BCUT2D eigenvalue weighted by atomic mass is 35.5. The highest BCUT2D eigenvalue weighted by Crippen LogP contribution is 2.35. The summed E-state index contributed by atoms with van der Waals surface area (Å²) in [6.07, 6.45) is 0. The van der Waals surface area contributed by atoms with Gasteiger partial charge in [0.05, 0.1) is 6.04 Å². The number of Topliss-reactive ketones (excluding diaryl/α,β-unsaturated/α-hetero) is 1. The minimum absolute atomic E-state index is 0.0516. The van der Waals surface area contributed by atoms with Crippen molar-refractivity contribution in [1.82, 2.24) is 10.6 Å². The van der Waals surface area contributed by atoms with Gasteiger partial charge in [0, 0.05) is 32.4 Å². The normalized spacial score (nSPS) is 17.1. The molecular weight excluding hydrogens is 366 g/mol. The molecule has 2 aromatic rings. The number of nitrogens with one attached hydrogen (secondary N) is 2. The fourth-order valence-electron chi connectivity index (χ4n) is 2.75. The average molecular weight is 379 g/mol. The molecule has 2 amide bonds. The SMILES string of the molecule is CC1=C(C(=O)c2ccc(Cl)cc2)C(c2c(F)cccc2Cl)NC(=O)N1. The lowest BCUT2D eigenvalue weighted by molar-refractivity contribution is 0.102. The van der Waals surface area contributed by atoms with E-state index in [2.05, 4.69) is 10.6 Å². The summed E-state index contributed by atoms with van der Waals surface area (Å²) in [6.45, 7) is 1.59. The zero-order valence-electron chi connectivity index (χ0n) is 13.1. The molecule has 0 fully saturated rings. The van der Waals surface area contributed by atoms with Crippen molar-refractivity contribution in [2.24, 2.45) is 0 Å². The first kappa shape index (κ1) is 17.5. The second-order valence-corrected chi connectivity index (χ2v) is 6.39. The molecule has 25 heavy (non-hydrogen) atoms. The standard InChI is InChI=1S/C18H13Cl2FN2O2/c1-9-14(17(24)10-5-7-11(19)8-6-10)16(23-18(25)22-9)15-12(20)3-2-4-13(15)21/h2-8,16H,1H3,(H2,22,23,25). The molecule has 128 valence electrons. The van der Waals surface area contributed by atoms with E-state index in [9.17, 15) is 14.0 Å². The summed E-state index contributed by atoms with van der Waals surface area (Å²) in [5.74, 6) is -0.958. The van der Waals surface area contributed by atoms with E-state index in [1.54, 1.807) is 31.2 Å². The van der Waals surface area contributed by atoms with E-state index in [1.165, 1.54) is 18.2 Å². The van der Waals surface area contributed by atoms with Crippen molar-refractivity contribution in [3.8, 4) is 0 Å². The third kappa shape index (κ3) is 3.38. The average Bonchev–Trinajstić information content (AvgIpc) is 2.54. The Bertz CT molecular complexity index is 874. The predicted molar refractivity (Wildman–Crippen MR) is 94.3 cm³/mol. The van der Waals surface area contributed by atoms with Crippen molar-refractivity contribution in [3.05, 3.63) is 80.7 Å². The molecule has 0 aliphatic carbocycles. The molecule has 0 saturated carbocycles. The van der Waals surface area contributed by atoms with Crippen LogP contribution < -0.4 is 10.6 Å². The molecule has 0 bridgehead atoms. The molecule has 2 aromatic carbocycles. The van der Waals surface area contributed by atoms with Crippen LogP contribution in [0, 0.1) is 5.82 Å². The van der Waals surface area contributed by atoms with Gasteiger partial charge in [-0.05, 0) is 43.3 Å². The second-order valence-electron chi connectivity index (χ2n) is 5.54. The number of halogens is 3. The predicted octanol–water partition coefficient (Wildman–Crippen LogP) is 4.64. The number of carbonyl (C=O) groups is 2. The van der Waals surface area contributed by atoms with Crippen molar-refractivity contribution in [2.75, 3.05) is 0 Å². The largest absolute Gasteiger partial charge is 0.327 e. The Hall–Kier alpha value is -2.37. The van der Waals surface area contributed by atoms with Gasteiger partial charge < -0.3 is 10.6 Å². The molecule has 1 atom stereocenters. The number of rotatable bonds is 3. The number of ketones is 1. The van der Waals surface area contributed by atoms with Gasteiger partial charge in [-0.3, -0.25) is 4.79 Å². The lowest BCUT2D eigenvalue weighted by Crippen LogP contribution is -2.45. The molecule has 0 saturated heterocycles. The maximum absolute atomic E-state index is 14.4. The Balaban J connectivity index is 2.13. The first-order valence-corrected chi connectivity index (χ1v) is 8.16. The number of urea groups is 1. The number of amides is 2. The summed E-state index contributed by atoms with van der Waals surface area (Å²) in [7, 11) is 0. The molecule has 7 heteroatoms. The first-order chi connectivity index (χ1) is 11.9. The topological polar surface area (TPSA) is 58.2 Å². The zero-order chi connectivity index (χ0) is 18.1. The van der Waals surface area contributed by atoms with E-state index < -0.39 is 17.9 Å². The van der Waals surface area contributed by atoms with E-state index in [4.69, 9.17) is 23.2 Å². The summed E-state index contributed by atoms with van der Waals surface area (Å²) in [5.41, 5.74) is 0.979. The summed E-state index contributed by atoms with van der Waals surface area (Å²) < 4.78 is 14.4. The van der Waals surface area contributed by atoms with E-state index in [1.807, 2.05) is 0 Å². The molecule has 3 rings (SSSR count). The molecule has 1 heterocycles. The molecule has 1 aliphatic rings. The van der Waals surface area contributed by atoms with Gasteiger partial charge in [-0.2, -0.15) is 0 Å². The number of allylic oxidation sites excluding steroid dienone is 1. The van der Waals surface area contributed by atoms with Crippen LogP contribution in [0.3, 0.4) is 0 Å². The van der Waals surface area contributed by atoms with Crippen molar-refractivity contribution in [1.29, 1.82) is 0 Å². The van der Waals surface area contributed by atoms with Gasteiger partial charge in [0.25, 0.3) is 0 Å². The molecule has 0 radical (unpaired) electrons. The van der Waals surface area contributed by atoms with E-state index in [0.29, 0.717) is 16.3 Å². The fourth-order valence-corrected chi connectivity index (χ4v) is 3.15. The van der Waals surface area contributed by atoms with Gasteiger partial charge in [0.1, 0.15) is 5.82 Å². The van der Waals surface area contributed by atoms with Gasteiger partial charge in [-0.15, -0.1) is 0 Å². The van der Waals surface area contributed by atoms with Crippen LogP contribution in [0.25, 0.3) is 0 Å². The summed E-state index contributed by atoms with van der Waals surface area (Å²) >= 11 is 12.0. The van der Waals surface area contributed by atoms with Crippen LogP contribution in [0.5, 0.6) is 0 Å². The van der Waals surface area contributed by atoms with Crippen molar-refractivity contribution in [2.45, 2.75) is 13.0 Å². The summed E-state index contributed by atoms with van der Waals surface area (Å²) in [6, 6.07) is 8.99. The summed E-state index contributed by atoms with van der Waals surface area (Å²) in [4.78, 5) is 24.9. The molecule has 2 N–H and O–H groups in total. The molecule has 4 nitrogen and oxygen atoms in total. The highest BCUT2D eigenvalue weighted by molar-refractivity contribution is 6.31. The zero-order valence-corrected chi connectivity index (χ0v) is 14.6. The van der Waals surface area contributed by atoms with Crippen molar-refractivity contribution < 1.29 is 14.0 Å². The van der Waals surface area contributed by atoms with Crippen LogP contribution in [-0.4, -0.2) is 11.8 Å². The van der Waals surface area contributed by atoms with Crippen LogP contribution in [0.1, 0.15) is 28.9 Å². The van der Waals surface area contributed by atoms with Gasteiger partial charge in [0.2, 0.25) is 0 Å². The first-order valence-electron chi connectivity index (χ1n) is 7.41. The van der Waals surface area contributed by atoms with E-state index in [0.717, 1.165) is 0 Å². The Morgan fingerprint density at radius 3 is 2.44 bits per heavy atom. The van der Waals surface area contributed by atoms with Crippen molar-refractivity contribution in [3.63, 3.8) is 0 Å². The Labute approximate surface area is 153 Å². The number of benzene rings is 2. The van der Waals surface area contributed by atoms with Crippen LogP contribution >= 0.6 is 23.2 Å². The van der Waals surface area contributed by atoms with E-state index in [-0.39, 0.29) is 21.9 Å². The van der Waals surface area contributed by atoms with Gasteiger partial charge in [-0.25, -0.2) is 9.18 Å². The number of carbonyl (C=O) groups excluding carboxylic acids is 2. The number of hydrogen-bond acceptors (Lipinski definition) is 2. The lowest BCUT2D eigenvalue weighted by atomic mass is 9.89. The van der Waals surface area contributed by atoms with E-state index >= 15 is 0 Å². The molecule has 0 aromatic heterocycles. The smallest absolute Gasteiger partial charge is 0.319 e. The molecular formula is C18H13Cl2FN2O2. The van der Waals surface area contributed by atoms with Crippen LogP contribution in [0.2, 0.25) is 10.0 Å². The quantitative estimate of drug-likeness (QED) is 0.764. The maximum atomic E-state index is 14.4. The van der Waals surface area contributed by atoms with Gasteiger partial charge >= 0.3 is 6.03 Å². The number of hydrogen-bond donors (Lipinski definition) is 2. The summed E-state index contributed by atoms with van der Waals surface area (Å²) in [5, 5.41) is 5.74. The molecule has 1 aliphatic heterocycles. The maximum Gasteiger partial charge on any atom is 0.319 e. The second kappa shape index (κ2) is 6.86. The third-order valence-electron chi connectivity index (χ3n) is 3.91. The van der Waals surface area contributed by atoms with Crippen molar-refractivity contribution >= 4 is 35.0 Å². The molecule has 1 unspecified atom stereocenters. The minimum atomic E-state index is -0.995. The molecule has 0 spiro atoms. The minimum Gasteiger partial charge on any atom is -0.327 e. The van der Waals surface area contributed by atoms with Crippen LogP contribution in [0.15, 0.2) is 53.7 Å². The Kier molecular flexibility index (Phi) is 4.79.